The zero-order valence-corrected chi connectivity index (χ0v) is 20.6. The highest BCUT2D eigenvalue weighted by atomic mass is 28.3. The first-order chi connectivity index (χ1) is 15.2. The second kappa shape index (κ2) is 11.8. The van der Waals surface area contributed by atoms with Crippen molar-refractivity contribution < 1.29 is 23.8 Å². The topological polar surface area (TPSA) is 87.9 Å². The summed E-state index contributed by atoms with van der Waals surface area (Å²) in [5.41, 5.74) is 5.25. The first kappa shape index (κ1) is 25.6. The molecule has 0 aliphatic carbocycles. The summed E-state index contributed by atoms with van der Waals surface area (Å²) in [4.78, 5) is 24.6. The van der Waals surface area contributed by atoms with Gasteiger partial charge < -0.3 is 19.9 Å². The molecule has 0 amide bonds. The maximum absolute atomic E-state index is 12.3. The molecule has 0 saturated carbocycles. The molecule has 6 nitrogen and oxygen atoms in total. The molecular weight excluding hydrogens is 422 g/mol. The Morgan fingerprint density at radius 2 is 1.47 bits per heavy atom. The fourth-order valence-corrected chi connectivity index (χ4v) is 5.35. The van der Waals surface area contributed by atoms with E-state index in [0.29, 0.717) is 13.0 Å². The second-order valence-electron chi connectivity index (χ2n) is 8.40. The van der Waals surface area contributed by atoms with Gasteiger partial charge in [-0.1, -0.05) is 60.7 Å². The molecule has 2 N–H and O–H groups in total. The van der Waals surface area contributed by atoms with E-state index in [1.54, 1.807) is 13.8 Å². The van der Waals surface area contributed by atoms with Crippen LogP contribution in [0.3, 0.4) is 0 Å². The Hall–Kier alpha value is -2.64. The number of hydrogen-bond acceptors (Lipinski definition) is 6. The molecule has 2 rings (SSSR count). The van der Waals surface area contributed by atoms with Gasteiger partial charge in [-0.25, -0.2) is 9.59 Å². The maximum atomic E-state index is 12.3. The SMILES string of the molecule is CCOC(=O)C(N)(CCc1ccc(OCC[Si](C)(C)c2ccccc2)cc1)C(=O)OCC. The molecule has 0 aliphatic rings. The van der Waals surface area contributed by atoms with Gasteiger partial charge >= 0.3 is 11.9 Å². The molecule has 2 aromatic carbocycles. The number of carbonyl (C=O) groups is 2. The minimum absolute atomic E-state index is 0.0989. The van der Waals surface area contributed by atoms with Gasteiger partial charge in [-0.05, 0) is 50.4 Å². The van der Waals surface area contributed by atoms with Gasteiger partial charge in [-0.2, -0.15) is 0 Å². The van der Waals surface area contributed by atoms with E-state index in [0.717, 1.165) is 17.4 Å². The van der Waals surface area contributed by atoms with E-state index in [-0.39, 0.29) is 19.6 Å². The van der Waals surface area contributed by atoms with Gasteiger partial charge in [0, 0.05) is 0 Å². The third kappa shape index (κ3) is 6.93. The number of esters is 2. The van der Waals surface area contributed by atoms with Crippen LogP contribution >= 0.6 is 0 Å². The molecule has 0 atom stereocenters. The number of nitrogens with two attached hydrogens (primary N) is 1. The van der Waals surface area contributed by atoms with E-state index in [9.17, 15) is 9.59 Å². The molecule has 0 unspecified atom stereocenters. The molecule has 174 valence electrons. The van der Waals surface area contributed by atoms with Crippen molar-refractivity contribution in [1.29, 1.82) is 0 Å². The molecule has 0 aliphatic heterocycles. The number of ether oxygens (including phenoxy) is 3. The van der Waals surface area contributed by atoms with Crippen LogP contribution in [0.5, 0.6) is 5.75 Å². The fraction of sp³-hybridized carbons (Fsp3) is 0.440. The summed E-state index contributed by atoms with van der Waals surface area (Å²) < 4.78 is 16.0. The lowest BCUT2D eigenvalue weighted by atomic mass is 9.92. The van der Waals surface area contributed by atoms with E-state index >= 15 is 0 Å². The number of aryl methyl sites for hydroxylation is 1. The van der Waals surface area contributed by atoms with Gasteiger partial charge in [0.2, 0.25) is 5.54 Å². The van der Waals surface area contributed by atoms with Crippen LogP contribution in [0.25, 0.3) is 0 Å². The summed E-state index contributed by atoms with van der Waals surface area (Å²) in [5.74, 6) is -0.728. The van der Waals surface area contributed by atoms with Crippen LogP contribution in [0.4, 0.5) is 0 Å². The lowest BCUT2D eigenvalue weighted by Gasteiger charge is -2.24. The van der Waals surface area contributed by atoms with E-state index in [2.05, 4.69) is 37.4 Å². The summed E-state index contributed by atoms with van der Waals surface area (Å²) in [6, 6.07) is 19.3. The van der Waals surface area contributed by atoms with Crippen LogP contribution in [-0.4, -0.2) is 45.4 Å². The summed E-state index contributed by atoms with van der Waals surface area (Å²) >= 11 is 0. The molecule has 0 saturated heterocycles. The molecule has 0 fully saturated rings. The van der Waals surface area contributed by atoms with Gasteiger partial charge in [0.05, 0.1) is 27.9 Å². The van der Waals surface area contributed by atoms with E-state index in [4.69, 9.17) is 19.9 Å². The van der Waals surface area contributed by atoms with Gasteiger partial charge in [0.15, 0.2) is 0 Å². The number of benzene rings is 2. The molecule has 0 radical (unpaired) electrons. The maximum Gasteiger partial charge on any atom is 0.337 e. The highest BCUT2D eigenvalue weighted by Crippen LogP contribution is 2.20. The van der Waals surface area contributed by atoms with Gasteiger partial charge in [0.1, 0.15) is 5.75 Å². The van der Waals surface area contributed by atoms with Crippen molar-refractivity contribution >= 4 is 25.2 Å². The standard InChI is InChI=1S/C25H35NO5Si/c1-5-29-23(27)25(26,24(28)30-6-2)17-16-20-12-14-21(15-13-20)31-18-19-32(3,4)22-10-8-7-9-11-22/h7-15H,5-6,16-19,26H2,1-4H3. The second-order valence-corrected chi connectivity index (χ2v) is 13.2. The quantitative estimate of drug-likeness (QED) is 0.298. The van der Waals surface area contributed by atoms with Gasteiger partial charge in [-0.15, -0.1) is 0 Å². The molecular formula is C25H35NO5Si. The van der Waals surface area contributed by atoms with Crippen molar-refractivity contribution in [2.24, 2.45) is 5.73 Å². The number of rotatable bonds is 12. The van der Waals surface area contributed by atoms with Gasteiger partial charge in [-0.3, -0.25) is 0 Å². The predicted octanol–water partition coefficient (Wildman–Crippen LogP) is 3.44. The van der Waals surface area contributed by atoms with Gasteiger partial charge in [0.25, 0.3) is 0 Å². The van der Waals surface area contributed by atoms with Crippen LogP contribution in [0, 0.1) is 0 Å². The first-order valence-corrected chi connectivity index (χ1v) is 14.3. The van der Waals surface area contributed by atoms with Crippen LogP contribution < -0.4 is 15.7 Å². The van der Waals surface area contributed by atoms with E-state index in [1.165, 1.54) is 5.19 Å². The molecule has 2 aromatic rings. The smallest absolute Gasteiger partial charge is 0.337 e. The predicted molar refractivity (Wildman–Crippen MR) is 129 cm³/mol. The Bertz CT molecular complexity index is 850. The van der Waals surface area contributed by atoms with E-state index in [1.807, 2.05) is 30.3 Å². The third-order valence-corrected chi connectivity index (χ3v) is 8.91. The zero-order chi connectivity index (χ0) is 23.6. The lowest BCUT2D eigenvalue weighted by Crippen LogP contribution is -2.57. The summed E-state index contributed by atoms with van der Waals surface area (Å²) in [6.45, 7) is 8.99. The monoisotopic (exact) mass is 457 g/mol. The van der Waals surface area contributed by atoms with Crippen LogP contribution in [0.15, 0.2) is 54.6 Å². The largest absolute Gasteiger partial charge is 0.494 e. The molecule has 7 heteroatoms. The van der Waals surface area contributed by atoms with Crippen LogP contribution in [0.2, 0.25) is 19.1 Å². The summed E-state index contributed by atoms with van der Waals surface area (Å²) in [6.07, 6.45) is 0.532. The number of carbonyl (C=O) groups excluding carboxylic acids is 2. The van der Waals surface area contributed by atoms with E-state index < -0.39 is 25.6 Å². The minimum atomic E-state index is -1.81. The summed E-state index contributed by atoms with van der Waals surface area (Å²) in [7, 11) is -1.54. The average molecular weight is 458 g/mol. The first-order valence-electron chi connectivity index (χ1n) is 11.1. The van der Waals surface area contributed by atoms with Crippen LogP contribution in [0.1, 0.15) is 25.8 Å². The Morgan fingerprint density at radius 1 is 0.906 bits per heavy atom. The highest BCUT2D eigenvalue weighted by Gasteiger charge is 2.44. The fourth-order valence-electron chi connectivity index (χ4n) is 3.36. The molecule has 0 aromatic heterocycles. The summed E-state index contributed by atoms with van der Waals surface area (Å²) in [5, 5.41) is 1.42. The van der Waals surface area contributed by atoms with Crippen molar-refractivity contribution in [3.05, 3.63) is 60.2 Å². The molecule has 32 heavy (non-hydrogen) atoms. The molecule has 0 heterocycles. The van der Waals surface area contributed by atoms with Crippen molar-refractivity contribution in [1.82, 2.24) is 0 Å². The Labute approximate surface area is 192 Å². The minimum Gasteiger partial charge on any atom is -0.494 e. The van der Waals surface area contributed by atoms with Crippen molar-refractivity contribution in [3.8, 4) is 5.75 Å². The molecule has 0 bridgehead atoms. The Balaban J connectivity index is 1.92. The highest BCUT2D eigenvalue weighted by molar-refractivity contribution is 6.89. The van der Waals surface area contributed by atoms with Crippen LogP contribution in [-0.2, 0) is 25.5 Å². The molecule has 0 spiro atoms. The number of hydrogen-bond donors (Lipinski definition) is 1. The third-order valence-electron chi connectivity index (χ3n) is 5.56. The average Bonchev–Trinajstić information content (AvgIpc) is 2.79. The normalized spacial score (nSPS) is 11.7. The van der Waals surface area contributed by atoms with Crippen molar-refractivity contribution in [3.63, 3.8) is 0 Å². The van der Waals surface area contributed by atoms with Crippen molar-refractivity contribution in [2.75, 3.05) is 19.8 Å². The zero-order valence-electron chi connectivity index (χ0n) is 19.6. The lowest BCUT2D eigenvalue weighted by molar-refractivity contribution is -0.164. The van der Waals surface area contributed by atoms with Crippen molar-refractivity contribution in [2.45, 2.75) is 51.4 Å². The Kier molecular flexibility index (Phi) is 9.47. The Morgan fingerprint density at radius 3 is 2.00 bits per heavy atom.